The highest BCUT2D eigenvalue weighted by Gasteiger charge is 2.21. The van der Waals surface area contributed by atoms with Gasteiger partial charge in [-0.3, -0.25) is 0 Å². The maximum Gasteiger partial charge on any atom is 0.407 e. The first-order valence-corrected chi connectivity index (χ1v) is 8.79. The van der Waals surface area contributed by atoms with E-state index in [1.165, 1.54) is 38.9 Å². The van der Waals surface area contributed by atoms with Crippen LogP contribution in [0.15, 0.2) is 0 Å². The van der Waals surface area contributed by atoms with E-state index in [1.807, 2.05) is 20.8 Å². The zero-order chi connectivity index (χ0) is 16.6. The molecule has 0 spiro atoms. The first kappa shape index (κ1) is 19.2. The number of alkyl carbamates (subject to hydrolysis) is 1. The molecule has 0 aromatic heterocycles. The number of hydrogen-bond acceptors (Lipinski definition) is 4. The van der Waals surface area contributed by atoms with Crippen LogP contribution in [0.3, 0.4) is 0 Å². The summed E-state index contributed by atoms with van der Waals surface area (Å²) in [5.74, 6) is 0. The minimum atomic E-state index is -0.443. The van der Waals surface area contributed by atoms with E-state index >= 15 is 0 Å². The molecule has 1 rings (SSSR count). The monoisotopic (exact) mass is 313 g/mol. The summed E-state index contributed by atoms with van der Waals surface area (Å²) in [6, 6.07) is 0.700. The maximum atomic E-state index is 11.8. The molecule has 0 aliphatic carbocycles. The summed E-state index contributed by atoms with van der Waals surface area (Å²) in [7, 11) is 0. The van der Waals surface area contributed by atoms with Gasteiger partial charge in [0.25, 0.3) is 0 Å². The predicted molar refractivity (Wildman–Crippen MR) is 91.2 cm³/mol. The Labute approximate surface area is 136 Å². The first-order valence-electron chi connectivity index (χ1n) is 8.79. The van der Waals surface area contributed by atoms with Crippen molar-refractivity contribution < 1.29 is 9.53 Å². The van der Waals surface area contributed by atoms with Crippen LogP contribution in [0, 0.1) is 0 Å². The normalized spacial score (nSPS) is 19.0. The summed E-state index contributed by atoms with van der Waals surface area (Å²) in [5.41, 5.74) is -0.443. The van der Waals surface area contributed by atoms with Crippen LogP contribution in [0.1, 0.15) is 60.3 Å². The Morgan fingerprint density at radius 2 is 1.91 bits per heavy atom. The number of hydrogen-bond donors (Lipinski definition) is 2. The third kappa shape index (κ3) is 7.99. The lowest BCUT2D eigenvalue weighted by atomic mass is 10.0. The third-order valence-corrected chi connectivity index (χ3v) is 3.99. The zero-order valence-corrected chi connectivity index (χ0v) is 15.1. The Morgan fingerprint density at radius 3 is 2.41 bits per heavy atom. The molecule has 22 heavy (non-hydrogen) atoms. The molecule has 1 atom stereocenters. The fourth-order valence-corrected chi connectivity index (χ4v) is 2.76. The van der Waals surface area contributed by atoms with E-state index in [9.17, 15) is 4.79 Å². The Hall–Kier alpha value is -0.810. The molecular weight excluding hydrogens is 278 g/mol. The molecular formula is C17H35N3O2. The molecule has 1 unspecified atom stereocenters. The molecule has 1 heterocycles. The van der Waals surface area contributed by atoms with E-state index in [1.54, 1.807) is 0 Å². The quantitative estimate of drug-likeness (QED) is 0.759. The number of likely N-dealkylation sites (tertiary alicyclic amines) is 1. The van der Waals surface area contributed by atoms with E-state index in [4.69, 9.17) is 4.74 Å². The van der Waals surface area contributed by atoms with Crippen LogP contribution >= 0.6 is 0 Å². The number of nitrogens with one attached hydrogen (secondary N) is 2. The second-order valence-electron chi connectivity index (χ2n) is 7.28. The second kappa shape index (κ2) is 9.36. The molecule has 1 fully saturated rings. The highest BCUT2D eigenvalue weighted by molar-refractivity contribution is 5.68. The van der Waals surface area contributed by atoms with Crippen molar-refractivity contribution in [2.24, 2.45) is 0 Å². The van der Waals surface area contributed by atoms with Gasteiger partial charge in [0.1, 0.15) is 5.60 Å². The fraction of sp³-hybridized carbons (Fsp3) is 0.941. The third-order valence-electron chi connectivity index (χ3n) is 3.99. The van der Waals surface area contributed by atoms with Crippen molar-refractivity contribution >= 4 is 6.09 Å². The van der Waals surface area contributed by atoms with Crippen LogP contribution in [0.25, 0.3) is 0 Å². The lowest BCUT2D eigenvalue weighted by Crippen LogP contribution is -2.49. The van der Waals surface area contributed by atoms with Crippen LogP contribution in [-0.2, 0) is 4.74 Å². The molecule has 0 aromatic rings. The minimum absolute atomic E-state index is 0.128. The molecule has 0 aromatic carbocycles. The van der Waals surface area contributed by atoms with E-state index < -0.39 is 5.60 Å². The Balaban J connectivity index is 2.25. The first-order chi connectivity index (χ1) is 10.3. The van der Waals surface area contributed by atoms with Gasteiger partial charge in [-0.05, 0) is 66.1 Å². The van der Waals surface area contributed by atoms with Gasteiger partial charge in [-0.2, -0.15) is 0 Å². The summed E-state index contributed by atoms with van der Waals surface area (Å²) >= 11 is 0. The van der Waals surface area contributed by atoms with Crippen LogP contribution in [0.2, 0.25) is 0 Å². The molecule has 1 aliphatic rings. The van der Waals surface area contributed by atoms with Gasteiger partial charge in [0, 0.05) is 18.6 Å². The molecule has 2 N–H and O–H groups in total. The molecule has 0 bridgehead atoms. The van der Waals surface area contributed by atoms with Crippen LogP contribution in [0.4, 0.5) is 4.79 Å². The maximum absolute atomic E-state index is 11.8. The van der Waals surface area contributed by atoms with Crippen molar-refractivity contribution in [1.82, 2.24) is 15.5 Å². The lowest BCUT2D eigenvalue weighted by Gasteiger charge is -2.33. The van der Waals surface area contributed by atoms with Gasteiger partial charge in [-0.1, -0.05) is 13.8 Å². The molecule has 5 heteroatoms. The lowest BCUT2D eigenvalue weighted by molar-refractivity contribution is 0.0501. The largest absolute Gasteiger partial charge is 0.444 e. The van der Waals surface area contributed by atoms with Crippen molar-refractivity contribution in [2.75, 3.05) is 26.2 Å². The van der Waals surface area contributed by atoms with Crippen molar-refractivity contribution in [1.29, 1.82) is 0 Å². The standard InChI is InChI=1S/C17H35N3O2/c1-6-10-20-11-8-15(9-12-20)18-13-14(7-2)19-16(21)22-17(3,4)5/h14-15,18H,6-13H2,1-5H3,(H,19,21). The van der Waals surface area contributed by atoms with Gasteiger partial charge in [-0.25, -0.2) is 4.79 Å². The topological polar surface area (TPSA) is 53.6 Å². The van der Waals surface area contributed by atoms with Gasteiger partial charge in [0.05, 0.1) is 0 Å². The number of carbonyl (C=O) groups excluding carboxylic acids is 1. The second-order valence-corrected chi connectivity index (χ2v) is 7.28. The molecule has 1 aliphatic heterocycles. The molecule has 1 saturated heterocycles. The summed E-state index contributed by atoms with van der Waals surface area (Å²) < 4.78 is 5.32. The van der Waals surface area contributed by atoms with E-state index in [-0.39, 0.29) is 12.1 Å². The number of rotatable bonds is 7. The van der Waals surface area contributed by atoms with Crippen LogP contribution < -0.4 is 10.6 Å². The van der Waals surface area contributed by atoms with Gasteiger partial charge >= 0.3 is 6.09 Å². The Kier molecular flexibility index (Phi) is 8.18. The molecule has 1 amide bonds. The Bertz CT molecular complexity index is 320. The van der Waals surface area contributed by atoms with Crippen molar-refractivity contribution in [3.63, 3.8) is 0 Å². The predicted octanol–water partition coefficient (Wildman–Crippen LogP) is 2.75. The molecule has 0 saturated carbocycles. The summed E-state index contributed by atoms with van der Waals surface area (Å²) in [5, 5.41) is 6.56. The van der Waals surface area contributed by atoms with E-state index in [2.05, 4.69) is 29.4 Å². The summed E-state index contributed by atoms with van der Waals surface area (Å²) in [6.07, 6.45) is 4.21. The highest BCUT2D eigenvalue weighted by atomic mass is 16.6. The summed E-state index contributed by atoms with van der Waals surface area (Å²) in [6.45, 7) is 14.4. The van der Waals surface area contributed by atoms with Crippen molar-refractivity contribution in [2.45, 2.75) is 78.0 Å². The zero-order valence-electron chi connectivity index (χ0n) is 15.1. The van der Waals surface area contributed by atoms with Gasteiger partial charge in [0.2, 0.25) is 0 Å². The van der Waals surface area contributed by atoms with Crippen LogP contribution in [-0.4, -0.2) is 54.9 Å². The molecule has 5 nitrogen and oxygen atoms in total. The average Bonchev–Trinajstić information content (AvgIpc) is 2.43. The van der Waals surface area contributed by atoms with Crippen LogP contribution in [0.5, 0.6) is 0 Å². The SMILES string of the molecule is CCCN1CCC(NCC(CC)NC(=O)OC(C)(C)C)CC1. The number of nitrogens with zero attached hydrogens (tertiary/aromatic N) is 1. The Morgan fingerprint density at radius 1 is 1.27 bits per heavy atom. The number of amides is 1. The molecule has 0 radical (unpaired) electrons. The van der Waals surface area contributed by atoms with Crippen molar-refractivity contribution in [3.05, 3.63) is 0 Å². The smallest absolute Gasteiger partial charge is 0.407 e. The highest BCUT2D eigenvalue weighted by Crippen LogP contribution is 2.11. The fourth-order valence-electron chi connectivity index (χ4n) is 2.76. The minimum Gasteiger partial charge on any atom is -0.444 e. The number of ether oxygens (including phenoxy) is 1. The summed E-state index contributed by atoms with van der Waals surface area (Å²) in [4.78, 5) is 14.4. The van der Waals surface area contributed by atoms with Crippen molar-refractivity contribution in [3.8, 4) is 0 Å². The van der Waals surface area contributed by atoms with E-state index in [0.717, 1.165) is 13.0 Å². The van der Waals surface area contributed by atoms with Gasteiger partial charge in [-0.15, -0.1) is 0 Å². The molecule has 130 valence electrons. The number of carbonyl (C=O) groups is 1. The van der Waals surface area contributed by atoms with Gasteiger partial charge in [0.15, 0.2) is 0 Å². The number of piperidine rings is 1. The van der Waals surface area contributed by atoms with Gasteiger partial charge < -0.3 is 20.3 Å². The van der Waals surface area contributed by atoms with E-state index in [0.29, 0.717) is 6.04 Å². The average molecular weight is 313 g/mol.